The number of hydrogen-bond acceptors (Lipinski definition) is 9. The first kappa shape index (κ1) is 29.9. The molecule has 0 unspecified atom stereocenters. The van der Waals surface area contributed by atoms with Crippen LogP contribution in [-0.2, 0) is 29.5 Å². The Morgan fingerprint density at radius 1 is 0.889 bits per heavy atom. The molecule has 45 heavy (non-hydrogen) atoms. The van der Waals surface area contributed by atoms with Crippen molar-refractivity contribution in [3.05, 3.63) is 94.2 Å². The van der Waals surface area contributed by atoms with Crippen molar-refractivity contribution in [2.24, 2.45) is 0 Å². The molecule has 12 nitrogen and oxygen atoms in total. The highest BCUT2D eigenvalue weighted by molar-refractivity contribution is 7.90. The van der Waals surface area contributed by atoms with Gasteiger partial charge in [-0.3, -0.25) is 9.13 Å². The topological polar surface area (TPSA) is 136 Å². The van der Waals surface area contributed by atoms with Gasteiger partial charge >= 0.3 is 5.69 Å². The number of aromatic nitrogens is 7. The second kappa shape index (κ2) is 11.7. The predicted molar refractivity (Wildman–Crippen MR) is 162 cm³/mol. The fourth-order valence-electron chi connectivity index (χ4n) is 5.07. The van der Waals surface area contributed by atoms with Crippen molar-refractivity contribution in [3.63, 3.8) is 0 Å². The number of sulfone groups is 1. The van der Waals surface area contributed by atoms with E-state index in [1.807, 2.05) is 0 Å². The summed E-state index contributed by atoms with van der Waals surface area (Å²) in [6, 6.07) is 12.6. The lowest BCUT2D eigenvalue weighted by molar-refractivity contribution is 0.390. The lowest BCUT2D eigenvalue weighted by atomic mass is 10.2. The van der Waals surface area contributed by atoms with Gasteiger partial charge in [0.15, 0.2) is 17.1 Å². The summed E-state index contributed by atoms with van der Waals surface area (Å²) < 4.78 is 67.8. The van der Waals surface area contributed by atoms with Crippen molar-refractivity contribution in [2.45, 2.75) is 19.6 Å². The summed E-state index contributed by atoms with van der Waals surface area (Å²) in [5.74, 6) is -0.256. The second-order valence-corrected chi connectivity index (χ2v) is 12.6. The number of aryl methyl sites for hydroxylation is 1. The molecule has 2 aromatic carbocycles. The molecule has 0 aliphatic carbocycles. The third-order valence-corrected chi connectivity index (χ3v) is 8.23. The van der Waals surface area contributed by atoms with E-state index in [1.54, 1.807) is 36.4 Å². The molecule has 232 valence electrons. The van der Waals surface area contributed by atoms with Gasteiger partial charge in [-0.05, 0) is 24.3 Å². The van der Waals surface area contributed by atoms with Crippen molar-refractivity contribution >= 4 is 32.0 Å². The summed E-state index contributed by atoms with van der Waals surface area (Å²) in [6.07, 6.45) is 3.53. The third kappa shape index (κ3) is 5.85. The van der Waals surface area contributed by atoms with Gasteiger partial charge in [-0.2, -0.15) is 5.10 Å². The molecule has 0 saturated heterocycles. The summed E-state index contributed by atoms with van der Waals surface area (Å²) in [4.78, 5) is 27.1. The van der Waals surface area contributed by atoms with Gasteiger partial charge in [-0.25, -0.2) is 41.6 Å². The van der Waals surface area contributed by atoms with Crippen molar-refractivity contribution < 1.29 is 26.7 Å². The number of ether oxygens (including phenoxy) is 2. The van der Waals surface area contributed by atoms with Crippen LogP contribution in [0, 0.1) is 11.6 Å². The molecule has 0 radical (unpaired) electrons. The number of benzene rings is 2. The SMILES string of the molecule is COc1ccc(Cn2c(=O)n(CCS(C)(=O)=O)c3cnc(-c4nn(Cc5ccccc5F)c5ncc(F)cc45)nc32)c(OC)c1. The molecule has 4 aromatic heterocycles. The molecular weight excluding hydrogens is 608 g/mol. The van der Waals surface area contributed by atoms with E-state index >= 15 is 0 Å². The van der Waals surface area contributed by atoms with E-state index in [0.717, 1.165) is 12.5 Å². The molecule has 0 fully saturated rings. The third-order valence-electron chi connectivity index (χ3n) is 7.31. The number of fused-ring (bicyclic) bond motifs is 2. The minimum absolute atomic E-state index is 0.00783. The first-order chi connectivity index (χ1) is 21.6. The first-order valence-electron chi connectivity index (χ1n) is 13.7. The standard InChI is InChI=1S/C30H27F2N7O5S/c1-43-21-9-8-19(25(13-21)44-2)16-38-29-24(37(30(38)40)10-11-45(3,41)42)15-33-27(35-29)26-22-12-20(31)14-34-28(22)39(36-26)17-18-6-4-5-7-23(18)32/h4-9,12-15H,10-11,16-17H2,1-3H3. The largest absolute Gasteiger partial charge is 0.497 e. The van der Waals surface area contributed by atoms with Crippen molar-refractivity contribution in [1.82, 2.24) is 33.9 Å². The van der Waals surface area contributed by atoms with Gasteiger partial charge in [0.05, 0.1) is 50.8 Å². The van der Waals surface area contributed by atoms with Crippen LogP contribution in [0.3, 0.4) is 0 Å². The first-order valence-corrected chi connectivity index (χ1v) is 15.7. The molecule has 0 amide bonds. The zero-order chi connectivity index (χ0) is 31.9. The number of pyridine rings is 1. The zero-order valence-electron chi connectivity index (χ0n) is 24.4. The summed E-state index contributed by atoms with van der Waals surface area (Å²) >= 11 is 0. The molecule has 0 bridgehead atoms. The Morgan fingerprint density at radius 2 is 1.69 bits per heavy atom. The smallest absolute Gasteiger partial charge is 0.330 e. The molecular formula is C30H27F2N7O5S. The van der Waals surface area contributed by atoms with E-state index < -0.39 is 27.2 Å². The Morgan fingerprint density at radius 3 is 2.42 bits per heavy atom. The van der Waals surface area contributed by atoms with Gasteiger partial charge < -0.3 is 9.47 Å². The molecule has 15 heteroatoms. The quantitative estimate of drug-likeness (QED) is 0.222. The molecule has 0 saturated carbocycles. The van der Waals surface area contributed by atoms with E-state index in [1.165, 1.54) is 46.4 Å². The fourth-order valence-corrected chi connectivity index (χ4v) is 5.59. The molecule has 0 aliphatic heterocycles. The van der Waals surface area contributed by atoms with Crippen molar-refractivity contribution in [1.29, 1.82) is 0 Å². The molecule has 6 rings (SSSR count). The Balaban J connectivity index is 1.52. The van der Waals surface area contributed by atoms with Crippen LogP contribution < -0.4 is 15.2 Å². The second-order valence-electron chi connectivity index (χ2n) is 10.4. The van der Waals surface area contributed by atoms with Crippen LogP contribution in [0.15, 0.2) is 65.7 Å². The normalized spacial score (nSPS) is 11.8. The van der Waals surface area contributed by atoms with Crippen LogP contribution in [0.2, 0.25) is 0 Å². The van der Waals surface area contributed by atoms with Gasteiger partial charge in [-0.15, -0.1) is 0 Å². The predicted octanol–water partition coefficient (Wildman–Crippen LogP) is 3.44. The summed E-state index contributed by atoms with van der Waals surface area (Å²) in [5, 5.41) is 4.88. The average Bonchev–Trinajstić information content (AvgIpc) is 3.50. The number of rotatable bonds is 10. The zero-order valence-corrected chi connectivity index (χ0v) is 25.3. The van der Waals surface area contributed by atoms with E-state index in [4.69, 9.17) is 14.5 Å². The number of imidazole rings is 1. The average molecular weight is 636 g/mol. The maximum absolute atomic E-state index is 14.5. The summed E-state index contributed by atoms with van der Waals surface area (Å²) in [7, 11) is -0.391. The van der Waals surface area contributed by atoms with Gasteiger partial charge in [0.2, 0.25) is 0 Å². The highest BCUT2D eigenvalue weighted by Crippen LogP contribution is 2.29. The number of halogens is 2. The van der Waals surface area contributed by atoms with Gasteiger partial charge in [0.25, 0.3) is 0 Å². The summed E-state index contributed by atoms with van der Waals surface area (Å²) in [5.41, 5.74) is 1.40. The number of hydrogen-bond donors (Lipinski definition) is 0. The van der Waals surface area contributed by atoms with Crippen LogP contribution in [0.4, 0.5) is 8.78 Å². The Kier molecular flexibility index (Phi) is 7.78. The van der Waals surface area contributed by atoms with E-state index in [-0.39, 0.29) is 53.6 Å². The highest BCUT2D eigenvalue weighted by Gasteiger charge is 2.22. The monoisotopic (exact) mass is 635 g/mol. The lowest BCUT2D eigenvalue weighted by Crippen LogP contribution is -2.27. The number of methoxy groups -OCH3 is 2. The molecule has 0 aliphatic rings. The van der Waals surface area contributed by atoms with E-state index in [0.29, 0.717) is 28.1 Å². The molecule has 0 N–H and O–H groups in total. The minimum atomic E-state index is -3.41. The van der Waals surface area contributed by atoms with Gasteiger partial charge in [0.1, 0.15) is 44.2 Å². The van der Waals surface area contributed by atoms with Gasteiger partial charge in [0, 0.05) is 30.0 Å². The maximum Gasteiger partial charge on any atom is 0.330 e. The van der Waals surface area contributed by atoms with E-state index in [2.05, 4.69) is 15.1 Å². The van der Waals surface area contributed by atoms with Crippen LogP contribution in [0.1, 0.15) is 11.1 Å². The molecule has 0 spiro atoms. The van der Waals surface area contributed by atoms with Gasteiger partial charge in [-0.1, -0.05) is 18.2 Å². The van der Waals surface area contributed by atoms with Crippen LogP contribution >= 0.6 is 0 Å². The fraction of sp³-hybridized carbons (Fsp3) is 0.233. The maximum atomic E-state index is 14.5. The van der Waals surface area contributed by atoms with Crippen LogP contribution in [0.25, 0.3) is 33.7 Å². The minimum Gasteiger partial charge on any atom is -0.497 e. The molecule has 4 heterocycles. The van der Waals surface area contributed by atoms with Crippen LogP contribution in [0.5, 0.6) is 11.5 Å². The van der Waals surface area contributed by atoms with E-state index in [9.17, 15) is 22.0 Å². The highest BCUT2D eigenvalue weighted by atomic mass is 32.2. The van der Waals surface area contributed by atoms with Crippen molar-refractivity contribution in [2.75, 3.05) is 26.2 Å². The Hall–Kier alpha value is -5.18. The van der Waals surface area contributed by atoms with Crippen LogP contribution in [-0.4, -0.2) is 68.5 Å². The Labute approximate surface area is 255 Å². The summed E-state index contributed by atoms with van der Waals surface area (Å²) in [6.45, 7) is -0.101. The van der Waals surface area contributed by atoms with Crippen molar-refractivity contribution in [3.8, 4) is 23.0 Å². The Bertz CT molecular complexity index is 2250. The number of nitrogens with zero attached hydrogens (tertiary/aromatic N) is 7. The molecule has 6 aromatic rings. The lowest BCUT2D eigenvalue weighted by Gasteiger charge is -2.11. The molecule has 0 atom stereocenters.